The molecule has 0 spiro atoms. The van der Waals surface area contributed by atoms with E-state index in [-0.39, 0.29) is 17.6 Å². The van der Waals surface area contributed by atoms with Crippen LogP contribution in [-0.4, -0.2) is 31.6 Å². The van der Waals surface area contributed by atoms with Crippen molar-refractivity contribution in [1.29, 1.82) is 0 Å². The number of benzene rings is 1. The minimum absolute atomic E-state index is 0.0666. The molecule has 1 rings (SSSR count). The standard InChI is InChI=1S/C15H25FN2O/c1-4-6-9-18(5-2)14(11-17)12-7-8-15(19-3)13(16)10-12/h7-8,10,14H,4-6,9,11,17H2,1-3H3. The minimum Gasteiger partial charge on any atom is -0.494 e. The van der Waals surface area contributed by atoms with E-state index in [1.54, 1.807) is 6.07 Å². The zero-order valence-electron chi connectivity index (χ0n) is 12.2. The molecule has 1 aromatic rings. The fraction of sp³-hybridized carbons (Fsp3) is 0.600. The first-order valence-electron chi connectivity index (χ1n) is 6.95. The normalized spacial score (nSPS) is 12.7. The molecule has 4 heteroatoms. The number of rotatable bonds is 8. The van der Waals surface area contributed by atoms with Gasteiger partial charge >= 0.3 is 0 Å². The van der Waals surface area contributed by atoms with Crippen LogP contribution in [0.5, 0.6) is 5.75 Å². The first-order valence-corrected chi connectivity index (χ1v) is 6.95. The van der Waals surface area contributed by atoms with E-state index < -0.39 is 0 Å². The molecule has 1 atom stereocenters. The van der Waals surface area contributed by atoms with Crippen molar-refractivity contribution in [2.45, 2.75) is 32.7 Å². The van der Waals surface area contributed by atoms with Gasteiger partial charge in [-0.05, 0) is 37.2 Å². The second-order valence-electron chi connectivity index (χ2n) is 4.63. The average Bonchev–Trinajstić information content (AvgIpc) is 2.43. The van der Waals surface area contributed by atoms with Crippen molar-refractivity contribution in [3.8, 4) is 5.75 Å². The van der Waals surface area contributed by atoms with Crippen LogP contribution in [0.4, 0.5) is 4.39 Å². The van der Waals surface area contributed by atoms with Gasteiger partial charge in [-0.15, -0.1) is 0 Å². The molecule has 2 N–H and O–H groups in total. The Bertz CT molecular complexity index is 384. The lowest BCUT2D eigenvalue weighted by molar-refractivity contribution is 0.208. The van der Waals surface area contributed by atoms with Crippen LogP contribution in [0.25, 0.3) is 0 Å². The van der Waals surface area contributed by atoms with Crippen molar-refractivity contribution in [2.24, 2.45) is 5.73 Å². The van der Waals surface area contributed by atoms with Gasteiger partial charge in [-0.1, -0.05) is 26.3 Å². The van der Waals surface area contributed by atoms with Gasteiger partial charge in [-0.25, -0.2) is 4.39 Å². The summed E-state index contributed by atoms with van der Waals surface area (Å²) in [6.45, 7) is 6.66. The van der Waals surface area contributed by atoms with Gasteiger partial charge in [0.15, 0.2) is 11.6 Å². The Morgan fingerprint density at radius 3 is 2.58 bits per heavy atom. The Morgan fingerprint density at radius 1 is 1.37 bits per heavy atom. The molecule has 0 bridgehead atoms. The number of likely N-dealkylation sites (N-methyl/N-ethyl adjacent to an activating group) is 1. The van der Waals surface area contributed by atoms with E-state index in [4.69, 9.17) is 10.5 Å². The van der Waals surface area contributed by atoms with Gasteiger partial charge in [0.25, 0.3) is 0 Å². The zero-order chi connectivity index (χ0) is 14.3. The molecule has 0 aromatic heterocycles. The Hall–Kier alpha value is -1.13. The summed E-state index contributed by atoms with van der Waals surface area (Å²) in [5.41, 5.74) is 6.79. The first kappa shape index (κ1) is 15.9. The molecule has 0 aliphatic carbocycles. The fourth-order valence-electron chi connectivity index (χ4n) is 2.28. The van der Waals surface area contributed by atoms with E-state index in [0.29, 0.717) is 6.54 Å². The third-order valence-corrected chi connectivity index (χ3v) is 3.43. The molecule has 0 fully saturated rings. The monoisotopic (exact) mass is 268 g/mol. The SMILES string of the molecule is CCCCN(CC)C(CN)c1ccc(OC)c(F)c1. The average molecular weight is 268 g/mol. The summed E-state index contributed by atoms with van der Waals surface area (Å²) in [4.78, 5) is 2.30. The van der Waals surface area contributed by atoms with Crippen molar-refractivity contribution >= 4 is 0 Å². The summed E-state index contributed by atoms with van der Waals surface area (Å²) in [6, 6.07) is 5.16. The van der Waals surface area contributed by atoms with Gasteiger partial charge in [0.2, 0.25) is 0 Å². The van der Waals surface area contributed by atoms with Crippen molar-refractivity contribution < 1.29 is 9.13 Å². The first-order chi connectivity index (χ1) is 9.17. The molecule has 1 unspecified atom stereocenters. The van der Waals surface area contributed by atoms with Crippen molar-refractivity contribution in [1.82, 2.24) is 4.90 Å². The molecular weight excluding hydrogens is 243 g/mol. The summed E-state index contributed by atoms with van der Waals surface area (Å²) in [5, 5.41) is 0. The highest BCUT2D eigenvalue weighted by molar-refractivity contribution is 5.31. The number of halogens is 1. The van der Waals surface area contributed by atoms with Crippen molar-refractivity contribution in [3.63, 3.8) is 0 Å². The van der Waals surface area contributed by atoms with Crippen LogP contribution in [0.2, 0.25) is 0 Å². The van der Waals surface area contributed by atoms with E-state index in [1.165, 1.54) is 13.2 Å². The van der Waals surface area contributed by atoms with Crippen LogP contribution in [0, 0.1) is 5.82 Å². The van der Waals surface area contributed by atoms with Gasteiger partial charge < -0.3 is 10.5 Å². The summed E-state index contributed by atoms with van der Waals surface area (Å²) in [5.74, 6) is -0.0545. The Balaban J connectivity index is 2.91. The van der Waals surface area contributed by atoms with Gasteiger partial charge in [-0.3, -0.25) is 4.90 Å². The summed E-state index contributed by atoms with van der Waals surface area (Å²) >= 11 is 0. The third-order valence-electron chi connectivity index (χ3n) is 3.43. The van der Waals surface area contributed by atoms with Crippen LogP contribution >= 0.6 is 0 Å². The highest BCUT2D eigenvalue weighted by Crippen LogP contribution is 2.25. The molecule has 1 aromatic carbocycles. The molecule has 108 valence electrons. The van der Waals surface area contributed by atoms with E-state index in [9.17, 15) is 4.39 Å². The Kier molecular flexibility index (Phi) is 6.81. The number of hydrogen-bond acceptors (Lipinski definition) is 3. The lowest BCUT2D eigenvalue weighted by atomic mass is 10.0. The van der Waals surface area contributed by atoms with Crippen LogP contribution in [0.1, 0.15) is 38.3 Å². The van der Waals surface area contributed by atoms with E-state index in [2.05, 4.69) is 18.7 Å². The molecule has 0 saturated heterocycles. The number of methoxy groups -OCH3 is 1. The quantitative estimate of drug-likeness (QED) is 0.788. The highest BCUT2D eigenvalue weighted by Gasteiger charge is 2.18. The molecule has 0 radical (unpaired) electrons. The van der Waals surface area contributed by atoms with Gasteiger partial charge in [0, 0.05) is 12.6 Å². The van der Waals surface area contributed by atoms with Crippen LogP contribution in [-0.2, 0) is 0 Å². The maximum absolute atomic E-state index is 13.8. The highest BCUT2D eigenvalue weighted by atomic mass is 19.1. The second-order valence-corrected chi connectivity index (χ2v) is 4.63. The van der Waals surface area contributed by atoms with E-state index >= 15 is 0 Å². The second kappa shape index (κ2) is 8.12. The van der Waals surface area contributed by atoms with Crippen LogP contribution in [0.3, 0.4) is 0 Å². The number of nitrogens with two attached hydrogens (primary N) is 1. The smallest absolute Gasteiger partial charge is 0.165 e. The number of nitrogens with zero attached hydrogens (tertiary/aromatic N) is 1. The fourth-order valence-corrected chi connectivity index (χ4v) is 2.28. The molecule has 0 heterocycles. The van der Waals surface area contributed by atoms with Gasteiger partial charge in [-0.2, -0.15) is 0 Å². The predicted octanol–water partition coefficient (Wildman–Crippen LogP) is 2.96. The Labute approximate surface area is 115 Å². The number of unbranched alkanes of at least 4 members (excludes halogenated alkanes) is 1. The summed E-state index contributed by atoms with van der Waals surface area (Å²) in [6.07, 6.45) is 2.27. The van der Waals surface area contributed by atoms with E-state index in [1.807, 2.05) is 6.07 Å². The van der Waals surface area contributed by atoms with Crippen LogP contribution < -0.4 is 10.5 Å². The molecule has 3 nitrogen and oxygen atoms in total. The summed E-state index contributed by atoms with van der Waals surface area (Å²) in [7, 11) is 1.47. The third kappa shape index (κ3) is 4.18. The molecule has 0 saturated carbocycles. The predicted molar refractivity (Wildman–Crippen MR) is 76.9 cm³/mol. The van der Waals surface area contributed by atoms with Crippen molar-refractivity contribution in [2.75, 3.05) is 26.7 Å². The number of hydrogen-bond donors (Lipinski definition) is 1. The van der Waals surface area contributed by atoms with Gasteiger partial charge in [0.05, 0.1) is 7.11 Å². The molecule has 0 amide bonds. The van der Waals surface area contributed by atoms with Gasteiger partial charge in [0.1, 0.15) is 0 Å². The van der Waals surface area contributed by atoms with E-state index in [0.717, 1.165) is 31.5 Å². The number of ether oxygens (including phenoxy) is 1. The molecular formula is C15H25FN2O. The topological polar surface area (TPSA) is 38.5 Å². The van der Waals surface area contributed by atoms with Crippen molar-refractivity contribution in [3.05, 3.63) is 29.6 Å². The zero-order valence-corrected chi connectivity index (χ0v) is 12.2. The lowest BCUT2D eigenvalue weighted by Crippen LogP contribution is -2.34. The molecule has 0 aliphatic rings. The Morgan fingerprint density at radius 2 is 2.11 bits per heavy atom. The minimum atomic E-state index is -0.329. The van der Waals surface area contributed by atoms with Crippen LogP contribution in [0.15, 0.2) is 18.2 Å². The lowest BCUT2D eigenvalue weighted by Gasteiger charge is -2.30. The maximum Gasteiger partial charge on any atom is 0.165 e. The largest absolute Gasteiger partial charge is 0.494 e. The molecule has 0 aliphatic heterocycles. The maximum atomic E-state index is 13.8. The summed E-state index contributed by atoms with van der Waals surface area (Å²) < 4.78 is 18.7. The molecule has 19 heavy (non-hydrogen) atoms.